The molecule has 2 aromatic heterocycles. The maximum Gasteiger partial charge on any atom is 0.435 e. The fourth-order valence-electron chi connectivity index (χ4n) is 2.89. The van der Waals surface area contributed by atoms with E-state index in [1.807, 2.05) is 0 Å². The predicted octanol–water partition coefficient (Wildman–Crippen LogP) is 2.60. The van der Waals surface area contributed by atoms with Crippen LogP contribution in [-0.4, -0.2) is 45.5 Å². The van der Waals surface area contributed by atoms with E-state index in [2.05, 4.69) is 4.98 Å². The van der Waals surface area contributed by atoms with Gasteiger partial charge in [0.25, 0.3) is 5.91 Å². The van der Waals surface area contributed by atoms with Crippen molar-refractivity contribution >= 4 is 11.6 Å². The molecule has 1 saturated heterocycles. The first-order valence-electron chi connectivity index (χ1n) is 7.26. The molecule has 2 aromatic rings. The Balaban J connectivity index is 2.09. The van der Waals surface area contributed by atoms with Crippen LogP contribution in [0, 0.1) is 0 Å². The fraction of sp³-hybridized carbons (Fsp3) is 0.467. The van der Waals surface area contributed by atoms with E-state index in [4.69, 9.17) is 4.74 Å². The first-order valence-corrected chi connectivity index (χ1v) is 7.26. The molecule has 0 N–H and O–H groups in total. The second-order valence-electron chi connectivity index (χ2n) is 5.70. The Hall–Kier alpha value is -2.09. The largest absolute Gasteiger partial charge is 0.435 e. The first-order chi connectivity index (χ1) is 10.8. The van der Waals surface area contributed by atoms with Crippen molar-refractivity contribution in [2.75, 3.05) is 13.1 Å². The van der Waals surface area contributed by atoms with Crippen LogP contribution in [0.4, 0.5) is 13.2 Å². The highest BCUT2D eigenvalue weighted by molar-refractivity contribution is 5.95. The second-order valence-corrected chi connectivity index (χ2v) is 5.70. The van der Waals surface area contributed by atoms with Crippen molar-refractivity contribution in [3.63, 3.8) is 0 Å². The third-order valence-electron chi connectivity index (χ3n) is 3.71. The molecular formula is C15H16F3N3O2. The topological polar surface area (TPSA) is 46.8 Å². The number of imidazole rings is 1. The SMILES string of the molecule is CC1CN(C(=O)c2c(C(F)(F)F)nc3ccccn23)CC(C)O1. The molecule has 124 valence electrons. The number of fused-ring (bicyclic) bond motifs is 1. The summed E-state index contributed by atoms with van der Waals surface area (Å²) in [6.45, 7) is 4.07. The lowest BCUT2D eigenvalue weighted by molar-refractivity contribution is -0.141. The molecule has 0 saturated carbocycles. The molecule has 1 fully saturated rings. The van der Waals surface area contributed by atoms with Gasteiger partial charge in [-0.05, 0) is 26.0 Å². The summed E-state index contributed by atoms with van der Waals surface area (Å²) < 4.78 is 46.6. The Kier molecular flexibility index (Phi) is 3.79. The van der Waals surface area contributed by atoms with Crippen LogP contribution in [0.2, 0.25) is 0 Å². The van der Waals surface area contributed by atoms with E-state index in [0.29, 0.717) is 0 Å². The van der Waals surface area contributed by atoms with Gasteiger partial charge in [-0.2, -0.15) is 13.2 Å². The first kappa shape index (κ1) is 15.8. The number of rotatable bonds is 1. The second kappa shape index (κ2) is 5.52. The molecule has 0 aromatic carbocycles. The number of aromatic nitrogens is 2. The summed E-state index contributed by atoms with van der Waals surface area (Å²) in [7, 11) is 0. The van der Waals surface area contributed by atoms with Gasteiger partial charge in [-0.1, -0.05) is 6.07 Å². The fourth-order valence-corrected chi connectivity index (χ4v) is 2.89. The number of morpholine rings is 1. The molecule has 1 amide bonds. The quantitative estimate of drug-likeness (QED) is 0.809. The standard InChI is InChI=1S/C15H16F3N3O2/c1-9-7-20(8-10(2)23-9)14(22)12-13(15(16,17)18)19-11-5-3-4-6-21(11)12/h3-6,9-10H,7-8H2,1-2H3. The van der Waals surface area contributed by atoms with E-state index in [1.54, 1.807) is 26.0 Å². The van der Waals surface area contributed by atoms with Crippen molar-refractivity contribution in [3.8, 4) is 0 Å². The number of hydrogen-bond acceptors (Lipinski definition) is 3. The van der Waals surface area contributed by atoms with Crippen LogP contribution in [0.1, 0.15) is 30.0 Å². The van der Waals surface area contributed by atoms with Crippen molar-refractivity contribution in [1.82, 2.24) is 14.3 Å². The molecule has 2 atom stereocenters. The van der Waals surface area contributed by atoms with Gasteiger partial charge in [-0.15, -0.1) is 0 Å². The molecule has 0 spiro atoms. The summed E-state index contributed by atoms with van der Waals surface area (Å²) in [5.41, 5.74) is -1.51. The minimum atomic E-state index is -4.69. The molecule has 3 heterocycles. The molecule has 1 aliphatic rings. The molecule has 2 unspecified atom stereocenters. The van der Waals surface area contributed by atoms with Crippen LogP contribution in [0.5, 0.6) is 0 Å². The van der Waals surface area contributed by atoms with Gasteiger partial charge >= 0.3 is 6.18 Å². The van der Waals surface area contributed by atoms with Gasteiger partial charge in [-0.25, -0.2) is 4.98 Å². The van der Waals surface area contributed by atoms with Gasteiger partial charge in [0.15, 0.2) is 5.69 Å². The Morgan fingerprint density at radius 3 is 2.52 bits per heavy atom. The highest BCUT2D eigenvalue weighted by atomic mass is 19.4. The van der Waals surface area contributed by atoms with Crippen molar-refractivity contribution in [3.05, 3.63) is 35.8 Å². The van der Waals surface area contributed by atoms with Crippen LogP contribution < -0.4 is 0 Å². The van der Waals surface area contributed by atoms with Crippen LogP contribution in [-0.2, 0) is 10.9 Å². The monoisotopic (exact) mass is 327 g/mol. The van der Waals surface area contributed by atoms with Crippen molar-refractivity contribution in [2.24, 2.45) is 0 Å². The maximum atomic E-state index is 13.3. The minimum absolute atomic E-state index is 0.0949. The summed E-state index contributed by atoms with van der Waals surface area (Å²) >= 11 is 0. The zero-order valence-corrected chi connectivity index (χ0v) is 12.7. The molecule has 0 bridgehead atoms. The zero-order chi connectivity index (χ0) is 16.8. The van der Waals surface area contributed by atoms with Crippen molar-refractivity contribution < 1.29 is 22.7 Å². The van der Waals surface area contributed by atoms with Crippen LogP contribution in [0.25, 0.3) is 5.65 Å². The van der Waals surface area contributed by atoms with Gasteiger partial charge in [-0.3, -0.25) is 9.20 Å². The Bertz CT molecular complexity index is 731. The highest BCUT2D eigenvalue weighted by Gasteiger charge is 2.41. The number of alkyl halides is 3. The summed E-state index contributed by atoms with van der Waals surface area (Å²) in [5, 5.41) is 0. The lowest BCUT2D eigenvalue weighted by Gasteiger charge is -2.35. The number of amides is 1. The van der Waals surface area contributed by atoms with Crippen LogP contribution in [0.15, 0.2) is 24.4 Å². The van der Waals surface area contributed by atoms with Crippen molar-refractivity contribution in [2.45, 2.75) is 32.2 Å². The summed E-state index contributed by atoms with van der Waals surface area (Å²) in [6.07, 6.45) is -3.73. The number of carbonyl (C=O) groups excluding carboxylic acids is 1. The molecule has 1 aliphatic heterocycles. The predicted molar refractivity (Wildman–Crippen MR) is 76.1 cm³/mol. The van der Waals surface area contributed by atoms with Gasteiger partial charge in [0.05, 0.1) is 12.2 Å². The summed E-state index contributed by atoms with van der Waals surface area (Å²) in [6, 6.07) is 4.59. The van der Waals surface area contributed by atoms with E-state index in [0.717, 1.165) is 0 Å². The van der Waals surface area contributed by atoms with E-state index in [1.165, 1.54) is 21.6 Å². The number of carbonyl (C=O) groups is 1. The van der Waals surface area contributed by atoms with Gasteiger partial charge in [0, 0.05) is 19.3 Å². The smallest absolute Gasteiger partial charge is 0.372 e. The zero-order valence-electron chi connectivity index (χ0n) is 12.7. The maximum absolute atomic E-state index is 13.3. The number of nitrogens with zero attached hydrogens (tertiary/aromatic N) is 3. The number of pyridine rings is 1. The lowest BCUT2D eigenvalue weighted by atomic mass is 10.2. The molecule has 8 heteroatoms. The third kappa shape index (κ3) is 2.90. The molecule has 5 nitrogen and oxygen atoms in total. The van der Waals surface area contributed by atoms with E-state index in [-0.39, 0.29) is 30.9 Å². The number of ether oxygens (including phenoxy) is 1. The van der Waals surface area contributed by atoms with Gasteiger partial charge in [0.1, 0.15) is 11.3 Å². The van der Waals surface area contributed by atoms with Crippen LogP contribution >= 0.6 is 0 Å². The molecule has 3 rings (SSSR count). The minimum Gasteiger partial charge on any atom is -0.372 e. The third-order valence-corrected chi connectivity index (χ3v) is 3.71. The van der Waals surface area contributed by atoms with Crippen LogP contribution in [0.3, 0.4) is 0 Å². The van der Waals surface area contributed by atoms with E-state index in [9.17, 15) is 18.0 Å². The Morgan fingerprint density at radius 2 is 1.91 bits per heavy atom. The molecule has 0 radical (unpaired) electrons. The van der Waals surface area contributed by atoms with Gasteiger partial charge in [0.2, 0.25) is 0 Å². The Labute approximate surface area is 130 Å². The number of halogens is 3. The normalized spacial score (nSPS) is 22.6. The average molecular weight is 327 g/mol. The highest BCUT2D eigenvalue weighted by Crippen LogP contribution is 2.33. The molecule has 23 heavy (non-hydrogen) atoms. The summed E-state index contributed by atoms with van der Waals surface area (Å²) in [5.74, 6) is -0.682. The Morgan fingerprint density at radius 1 is 1.26 bits per heavy atom. The van der Waals surface area contributed by atoms with Gasteiger partial charge < -0.3 is 9.64 Å². The average Bonchev–Trinajstić information content (AvgIpc) is 2.85. The van der Waals surface area contributed by atoms with E-state index >= 15 is 0 Å². The molecular weight excluding hydrogens is 311 g/mol. The lowest BCUT2D eigenvalue weighted by Crippen LogP contribution is -2.48. The molecule has 0 aliphatic carbocycles. The van der Waals surface area contributed by atoms with Crippen molar-refractivity contribution in [1.29, 1.82) is 0 Å². The van der Waals surface area contributed by atoms with E-state index < -0.39 is 23.5 Å². The summed E-state index contributed by atoms with van der Waals surface area (Å²) in [4.78, 5) is 17.7. The number of hydrogen-bond donors (Lipinski definition) is 0.